The van der Waals surface area contributed by atoms with Crippen LogP contribution in [-0.4, -0.2) is 36.6 Å². The number of piperidine rings is 2. The zero-order chi connectivity index (χ0) is 14.7. The Morgan fingerprint density at radius 2 is 2.10 bits per heavy atom. The lowest BCUT2D eigenvalue weighted by molar-refractivity contribution is 0.00724. The van der Waals surface area contributed by atoms with Crippen molar-refractivity contribution in [3.05, 3.63) is 34.4 Å². The van der Waals surface area contributed by atoms with Crippen molar-refractivity contribution in [2.45, 2.75) is 38.1 Å². The average molecular weight is 291 g/mol. The largest absolute Gasteiger partial charge is 0.462 e. The van der Waals surface area contributed by atoms with Crippen molar-refractivity contribution < 1.29 is 13.9 Å². The van der Waals surface area contributed by atoms with Crippen molar-refractivity contribution >= 4 is 5.97 Å². The van der Waals surface area contributed by atoms with Crippen molar-refractivity contribution in [2.75, 3.05) is 19.7 Å². The van der Waals surface area contributed by atoms with Gasteiger partial charge in [-0.2, -0.15) is 0 Å². The fourth-order valence-corrected chi connectivity index (χ4v) is 3.51. The number of rotatable bonds is 3. The van der Waals surface area contributed by atoms with E-state index in [2.05, 4.69) is 4.90 Å². The SMILES string of the molecule is O=C(OCC1CCCN2CCCCC12)c1ccc(=O)oc1. The van der Waals surface area contributed by atoms with Crippen molar-refractivity contribution in [3.63, 3.8) is 0 Å². The predicted octanol–water partition coefficient (Wildman–Crippen LogP) is 2.06. The molecule has 5 heteroatoms. The summed E-state index contributed by atoms with van der Waals surface area (Å²) in [5.74, 6) is 0.0189. The molecule has 0 bridgehead atoms. The number of carbonyl (C=O) groups excluding carboxylic acids is 1. The Morgan fingerprint density at radius 3 is 2.90 bits per heavy atom. The molecule has 2 fully saturated rings. The molecule has 3 heterocycles. The third kappa shape index (κ3) is 3.35. The van der Waals surface area contributed by atoms with E-state index in [1.54, 1.807) is 0 Å². The van der Waals surface area contributed by atoms with Gasteiger partial charge in [-0.15, -0.1) is 0 Å². The molecule has 3 rings (SSSR count). The molecule has 1 aromatic heterocycles. The minimum Gasteiger partial charge on any atom is -0.462 e. The summed E-state index contributed by atoms with van der Waals surface area (Å²) < 4.78 is 10.1. The first kappa shape index (κ1) is 14.3. The standard InChI is InChI=1S/C16H21NO4/c18-15-7-6-13(11-20-15)16(19)21-10-12-4-3-9-17-8-2-1-5-14(12)17/h6-7,11-12,14H,1-5,8-10H2. The summed E-state index contributed by atoms with van der Waals surface area (Å²) in [6, 6.07) is 3.25. The first-order valence-corrected chi connectivity index (χ1v) is 7.74. The number of nitrogens with zero attached hydrogens (tertiary/aromatic N) is 1. The van der Waals surface area contributed by atoms with Crippen LogP contribution < -0.4 is 5.63 Å². The summed E-state index contributed by atoms with van der Waals surface area (Å²) in [7, 11) is 0. The van der Waals surface area contributed by atoms with Gasteiger partial charge in [0.05, 0.1) is 12.2 Å². The Hall–Kier alpha value is -1.62. The highest BCUT2D eigenvalue weighted by atomic mass is 16.5. The van der Waals surface area contributed by atoms with E-state index in [0.717, 1.165) is 6.42 Å². The molecule has 2 unspecified atom stereocenters. The molecule has 5 nitrogen and oxygen atoms in total. The summed E-state index contributed by atoms with van der Waals surface area (Å²) >= 11 is 0. The summed E-state index contributed by atoms with van der Waals surface area (Å²) in [5, 5.41) is 0. The third-order valence-electron chi connectivity index (χ3n) is 4.59. The average Bonchev–Trinajstić information content (AvgIpc) is 2.53. The summed E-state index contributed by atoms with van der Waals surface area (Å²) in [6.45, 7) is 2.82. The van der Waals surface area contributed by atoms with Crippen molar-refractivity contribution in [1.29, 1.82) is 0 Å². The van der Waals surface area contributed by atoms with Crippen LogP contribution in [0.3, 0.4) is 0 Å². The number of hydrogen-bond acceptors (Lipinski definition) is 5. The van der Waals surface area contributed by atoms with Gasteiger partial charge in [0.25, 0.3) is 0 Å². The molecule has 0 spiro atoms. The van der Waals surface area contributed by atoms with Gasteiger partial charge in [-0.3, -0.25) is 4.90 Å². The van der Waals surface area contributed by atoms with Crippen LogP contribution in [0.4, 0.5) is 0 Å². The van der Waals surface area contributed by atoms with E-state index < -0.39 is 11.6 Å². The van der Waals surface area contributed by atoms with Gasteiger partial charge < -0.3 is 9.15 Å². The minimum absolute atomic E-state index is 0.297. The smallest absolute Gasteiger partial charge is 0.341 e. The maximum atomic E-state index is 12.0. The van der Waals surface area contributed by atoms with Crippen LogP contribution in [0.5, 0.6) is 0 Å². The van der Waals surface area contributed by atoms with Gasteiger partial charge in [0, 0.05) is 18.0 Å². The molecule has 2 saturated heterocycles. The van der Waals surface area contributed by atoms with Gasteiger partial charge in [0.1, 0.15) is 6.26 Å². The highest BCUT2D eigenvalue weighted by Crippen LogP contribution is 2.31. The molecule has 114 valence electrons. The number of fused-ring (bicyclic) bond motifs is 1. The predicted molar refractivity (Wildman–Crippen MR) is 77.2 cm³/mol. The Balaban J connectivity index is 1.57. The lowest BCUT2D eigenvalue weighted by atomic mass is 9.84. The van der Waals surface area contributed by atoms with Gasteiger partial charge in [-0.25, -0.2) is 9.59 Å². The molecule has 21 heavy (non-hydrogen) atoms. The molecule has 0 N–H and O–H groups in total. The second-order valence-corrected chi connectivity index (χ2v) is 5.94. The Morgan fingerprint density at radius 1 is 1.24 bits per heavy atom. The lowest BCUT2D eigenvalue weighted by Gasteiger charge is -2.44. The number of carbonyl (C=O) groups is 1. The second-order valence-electron chi connectivity index (χ2n) is 5.94. The van der Waals surface area contributed by atoms with E-state index in [1.165, 1.54) is 57.2 Å². The van der Waals surface area contributed by atoms with Gasteiger partial charge in [-0.1, -0.05) is 6.42 Å². The number of ether oxygens (including phenoxy) is 1. The Kier molecular flexibility index (Phi) is 4.39. The summed E-state index contributed by atoms with van der Waals surface area (Å²) in [5.41, 5.74) is -0.164. The maximum absolute atomic E-state index is 12.0. The molecule has 0 radical (unpaired) electrons. The summed E-state index contributed by atoms with van der Waals surface area (Å²) in [4.78, 5) is 25.4. The molecule has 2 aliphatic rings. The molecule has 0 aliphatic carbocycles. The van der Waals surface area contributed by atoms with Crippen molar-refractivity contribution in [2.24, 2.45) is 5.92 Å². The second kappa shape index (κ2) is 6.43. The molecule has 0 saturated carbocycles. The van der Waals surface area contributed by atoms with Gasteiger partial charge in [0.2, 0.25) is 0 Å². The molecular formula is C16H21NO4. The molecule has 2 aliphatic heterocycles. The molecule has 2 atom stereocenters. The van der Waals surface area contributed by atoms with E-state index in [-0.39, 0.29) is 0 Å². The van der Waals surface area contributed by atoms with Crippen LogP contribution in [0, 0.1) is 5.92 Å². The highest BCUT2D eigenvalue weighted by Gasteiger charge is 2.33. The van der Waals surface area contributed by atoms with Crippen LogP contribution in [0.15, 0.2) is 27.6 Å². The van der Waals surface area contributed by atoms with E-state index >= 15 is 0 Å². The number of esters is 1. The van der Waals surface area contributed by atoms with Crippen molar-refractivity contribution in [1.82, 2.24) is 4.90 Å². The monoisotopic (exact) mass is 291 g/mol. The van der Waals surface area contributed by atoms with Crippen LogP contribution >= 0.6 is 0 Å². The van der Waals surface area contributed by atoms with Crippen LogP contribution in [0.1, 0.15) is 42.5 Å². The summed E-state index contributed by atoms with van der Waals surface area (Å²) in [6.07, 6.45) is 7.24. The zero-order valence-corrected chi connectivity index (χ0v) is 12.1. The van der Waals surface area contributed by atoms with Gasteiger partial charge in [0.15, 0.2) is 0 Å². The van der Waals surface area contributed by atoms with Crippen LogP contribution in [0.25, 0.3) is 0 Å². The molecule has 0 aromatic carbocycles. The first-order chi connectivity index (χ1) is 10.2. The fraction of sp³-hybridized carbons (Fsp3) is 0.625. The Bertz CT molecular complexity index is 531. The van der Waals surface area contributed by atoms with Crippen molar-refractivity contribution in [3.8, 4) is 0 Å². The van der Waals surface area contributed by atoms with E-state index in [4.69, 9.17) is 9.15 Å². The fourth-order valence-electron chi connectivity index (χ4n) is 3.51. The normalized spacial score (nSPS) is 26.1. The molecule has 0 amide bonds. The number of hydrogen-bond donors (Lipinski definition) is 0. The first-order valence-electron chi connectivity index (χ1n) is 7.74. The maximum Gasteiger partial charge on any atom is 0.341 e. The van der Waals surface area contributed by atoms with Gasteiger partial charge >= 0.3 is 11.6 Å². The van der Waals surface area contributed by atoms with Crippen LogP contribution in [0.2, 0.25) is 0 Å². The molecule has 1 aromatic rings. The topological polar surface area (TPSA) is 59.8 Å². The van der Waals surface area contributed by atoms with E-state index in [1.807, 2.05) is 0 Å². The lowest BCUT2D eigenvalue weighted by Crippen LogP contribution is -2.49. The van der Waals surface area contributed by atoms with Crippen LogP contribution in [-0.2, 0) is 4.74 Å². The van der Waals surface area contributed by atoms with E-state index in [0.29, 0.717) is 24.1 Å². The minimum atomic E-state index is -0.461. The third-order valence-corrected chi connectivity index (χ3v) is 4.59. The van der Waals surface area contributed by atoms with Gasteiger partial charge in [-0.05, 0) is 44.8 Å². The Labute approximate surface area is 123 Å². The highest BCUT2D eigenvalue weighted by molar-refractivity contribution is 5.88. The molecular weight excluding hydrogens is 270 g/mol. The van der Waals surface area contributed by atoms with E-state index in [9.17, 15) is 9.59 Å². The quantitative estimate of drug-likeness (QED) is 0.798. The zero-order valence-electron chi connectivity index (χ0n) is 12.1.